The van der Waals surface area contributed by atoms with E-state index in [1.165, 1.54) is 39.2 Å². The van der Waals surface area contributed by atoms with E-state index in [0.29, 0.717) is 17.6 Å². The zero-order valence-corrected chi connectivity index (χ0v) is 14.4. The second kappa shape index (κ2) is 8.03. The number of rotatable bonds is 7. The van der Waals surface area contributed by atoms with Crippen molar-refractivity contribution in [3.8, 4) is 0 Å². The third kappa shape index (κ3) is 4.88. The SMILES string of the molecule is COC(=O)CCc1csc(NCC2(SC)CCCCC2)n1. The Kier molecular flexibility index (Phi) is 6.36. The molecule has 0 aromatic carbocycles. The van der Waals surface area contributed by atoms with Gasteiger partial charge in [0.1, 0.15) is 0 Å². The van der Waals surface area contributed by atoms with E-state index in [2.05, 4.69) is 21.3 Å². The number of anilines is 1. The van der Waals surface area contributed by atoms with Crippen molar-refractivity contribution in [1.29, 1.82) is 0 Å². The number of hydrogen-bond donors (Lipinski definition) is 1. The number of ether oxygens (including phenoxy) is 1. The van der Waals surface area contributed by atoms with Gasteiger partial charge >= 0.3 is 5.97 Å². The van der Waals surface area contributed by atoms with Gasteiger partial charge in [-0.25, -0.2) is 4.98 Å². The zero-order chi connectivity index (χ0) is 15.1. The number of esters is 1. The predicted octanol–water partition coefficient (Wildman–Crippen LogP) is 3.73. The third-order valence-corrected chi connectivity index (χ3v) is 6.39. The molecule has 21 heavy (non-hydrogen) atoms. The van der Waals surface area contributed by atoms with Crippen molar-refractivity contribution < 1.29 is 9.53 Å². The van der Waals surface area contributed by atoms with Crippen LogP contribution >= 0.6 is 23.1 Å². The van der Waals surface area contributed by atoms with E-state index in [1.807, 2.05) is 17.1 Å². The molecular formula is C15H24N2O2S2. The number of aryl methyl sites for hydroxylation is 1. The number of aromatic nitrogens is 1. The Hall–Kier alpha value is -0.750. The smallest absolute Gasteiger partial charge is 0.305 e. The Balaban J connectivity index is 1.83. The van der Waals surface area contributed by atoms with Gasteiger partial charge in [0.25, 0.3) is 0 Å². The molecule has 1 N–H and O–H groups in total. The molecule has 0 radical (unpaired) electrons. The summed E-state index contributed by atoms with van der Waals surface area (Å²) in [7, 11) is 1.42. The van der Waals surface area contributed by atoms with Gasteiger partial charge in [0.05, 0.1) is 19.2 Å². The maximum atomic E-state index is 11.1. The summed E-state index contributed by atoms with van der Waals surface area (Å²) in [6.45, 7) is 0.984. The highest BCUT2D eigenvalue weighted by Crippen LogP contribution is 2.38. The first-order chi connectivity index (χ1) is 10.2. The second-order valence-electron chi connectivity index (χ2n) is 5.52. The Labute approximate surface area is 135 Å². The molecule has 0 bridgehead atoms. The summed E-state index contributed by atoms with van der Waals surface area (Å²) >= 11 is 3.61. The summed E-state index contributed by atoms with van der Waals surface area (Å²) in [5.74, 6) is -0.180. The molecule has 1 heterocycles. The summed E-state index contributed by atoms with van der Waals surface area (Å²) in [5.41, 5.74) is 0.967. The first-order valence-electron chi connectivity index (χ1n) is 7.48. The molecule has 6 heteroatoms. The van der Waals surface area contributed by atoms with Gasteiger partial charge in [-0.1, -0.05) is 19.3 Å². The molecule has 118 valence electrons. The van der Waals surface area contributed by atoms with Crippen LogP contribution in [0.5, 0.6) is 0 Å². The van der Waals surface area contributed by atoms with Gasteiger partial charge in [0, 0.05) is 23.1 Å². The predicted molar refractivity (Wildman–Crippen MR) is 90.3 cm³/mol. The summed E-state index contributed by atoms with van der Waals surface area (Å²) < 4.78 is 5.02. The summed E-state index contributed by atoms with van der Waals surface area (Å²) in [6.07, 6.45) is 9.90. The Morgan fingerprint density at radius 1 is 1.48 bits per heavy atom. The van der Waals surface area contributed by atoms with E-state index in [-0.39, 0.29) is 5.97 Å². The maximum Gasteiger partial charge on any atom is 0.305 e. The number of nitrogens with zero attached hydrogens (tertiary/aromatic N) is 1. The average Bonchev–Trinajstić information content (AvgIpc) is 2.99. The quantitative estimate of drug-likeness (QED) is 0.773. The topological polar surface area (TPSA) is 51.2 Å². The highest BCUT2D eigenvalue weighted by Gasteiger charge is 2.31. The number of nitrogens with one attached hydrogen (secondary N) is 1. The lowest BCUT2D eigenvalue weighted by Gasteiger charge is -2.35. The number of methoxy groups -OCH3 is 1. The van der Waals surface area contributed by atoms with Crippen LogP contribution in [0, 0.1) is 0 Å². The second-order valence-corrected chi connectivity index (χ2v) is 7.65. The van der Waals surface area contributed by atoms with Crippen LogP contribution in [0.1, 0.15) is 44.2 Å². The molecule has 1 fully saturated rings. The number of thiazole rings is 1. The summed E-state index contributed by atoms with van der Waals surface area (Å²) in [6, 6.07) is 0. The normalized spacial score (nSPS) is 17.4. The van der Waals surface area contributed by atoms with Gasteiger partial charge in [-0.3, -0.25) is 4.79 Å². The van der Waals surface area contributed by atoms with Crippen LogP contribution in [0.2, 0.25) is 0 Å². The van der Waals surface area contributed by atoms with Gasteiger partial charge in [-0.15, -0.1) is 11.3 Å². The molecular weight excluding hydrogens is 304 g/mol. The van der Waals surface area contributed by atoms with E-state index >= 15 is 0 Å². The van der Waals surface area contributed by atoms with Crippen molar-refractivity contribution in [2.45, 2.75) is 49.7 Å². The fraction of sp³-hybridized carbons (Fsp3) is 0.733. The van der Waals surface area contributed by atoms with Gasteiger partial charge in [0.15, 0.2) is 5.13 Å². The van der Waals surface area contributed by atoms with Crippen LogP contribution in [-0.2, 0) is 16.0 Å². The van der Waals surface area contributed by atoms with Gasteiger partial charge in [-0.05, 0) is 19.1 Å². The molecule has 0 atom stereocenters. The molecule has 1 aliphatic carbocycles. The molecule has 2 rings (SSSR count). The van der Waals surface area contributed by atoms with Crippen LogP contribution in [0.25, 0.3) is 0 Å². The minimum absolute atomic E-state index is 0.180. The van der Waals surface area contributed by atoms with Crippen molar-refractivity contribution in [2.24, 2.45) is 0 Å². The van der Waals surface area contributed by atoms with Crippen molar-refractivity contribution in [3.05, 3.63) is 11.1 Å². The monoisotopic (exact) mass is 328 g/mol. The molecule has 0 saturated heterocycles. The van der Waals surface area contributed by atoms with Crippen molar-refractivity contribution in [1.82, 2.24) is 4.98 Å². The van der Waals surface area contributed by atoms with Crippen molar-refractivity contribution in [2.75, 3.05) is 25.2 Å². The minimum atomic E-state index is -0.180. The number of hydrogen-bond acceptors (Lipinski definition) is 6. The molecule has 0 aliphatic heterocycles. The fourth-order valence-corrected chi connectivity index (χ4v) is 4.38. The first kappa shape index (κ1) is 16.6. The number of thioether (sulfide) groups is 1. The van der Waals surface area contributed by atoms with Crippen LogP contribution < -0.4 is 5.32 Å². The standard InChI is InChI=1S/C15H24N2O2S2/c1-19-13(18)7-6-12-10-21-14(17-12)16-11-15(20-2)8-4-3-5-9-15/h10H,3-9,11H2,1-2H3,(H,16,17). The minimum Gasteiger partial charge on any atom is -0.469 e. The lowest BCUT2D eigenvalue weighted by atomic mass is 9.88. The molecule has 0 amide bonds. The van der Waals surface area contributed by atoms with E-state index in [0.717, 1.165) is 17.4 Å². The van der Waals surface area contributed by atoms with Gasteiger partial charge in [0.2, 0.25) is 0 Å². The van der Waals surface area contributed by atoms with Gasteiger partial charge < -0.3 is 10.1 Å². The lowest BCUT2D eigenvalue weighted by molar-refractivity contribution is -0.140. The largest absolute Gasteiger partial charge is 0.469 e. The van der Waals surface area contributed by atoms with E-state index in [1.54, 1.807) is 11.3 Å². The highest BCUT2D eigenvalue weighted by atomic mass is 32.2. The first-order valence-corrected chi connectivity index (χ1v) is 9.58. The molecule has 4 nitrogen and oxygen atoms in total. The third-order valence-electron chi connectivity index (χ3n) is 4.12. The Bertz CT molecular complexity index is 456. The van der Waals surface area contributed by atoms with Crippen LogP contribution in [0.3, 0.4) is 0 Å². The molecule has 1 aromatic rings. The highest BCUT2D eigenvalue weighted by molar-refractivity contribution is 8.00. The molecule has 1 aliphatic rings. The van der Waals surface area contributed by atoms with E-state index in [9.17, 15) is 4.79 Å². The summed E-state index contributed by atoms with van der Waals surface area (Å²) in [4.78, 5) is 15.7. The molecule has 1 saturated carbocycles. The number of carbonyl (C=O) groups is 1. The molecule has 0 unspecified atom stereocenters. The van der Waals surface area contributed by atoms with E-state index in [4.69, 9.17) is 0 Å². The van der Waals surface area contributed by atoms with Crippen molar-refractivity contribution >= 4 is 34.2 Å². The van der Waals surface area contributed by atoms with Crippen molar-refractivity contribution in [3.63, 3.8) is 0 Å². The fourth-order valence-electron chi connectivity index (χ4n) is 2.72. The maximum absolute atomic E-state index is 11.1. The number of carbonyl (C=O) groups excluding carboxylic acids is 1. The Morgan fingerprint density at radius 2 is 2.24 bits per heavy atom. The molecule has 0 spiro atoms. The average molecular weight is 329 g/mol. The summed E-state index contributed by atoms with van der Waals surface area (Å²) in [5, 5.41) is 6.49. The van der Waals surface area contributed by atoms with Crippen LogP contribution in [-0.4, -0.2) is 35.6 Å². The van der Waals surface area contributed by atoms with Gasteiger partial charge in [-0.2, -0.15) is 11.8 Å². The van der Waals surface area contributed by atoms with Crippen LogP contribution in [0.15, 0.2) is 5.38 Å². The Morgan fingerprint density at radius 3 is 2.90 bits per heavy atom. The molecule has 1 aromatic heterocycles. The zero-order valence-electron chi connectivity index (χ0n) is 12.8. The lowest BCUT2D eigenvalue weighted by Crippen LogP contribution is -2.35. The van der Waals surface area contributed by atoms with Crippen LogP contribution in [0.4, 0.5) is 5.13 Å². The van der Waals surface area contributed by atoms with E-state index < -0.39 is 0 Å².